The highest BCUT2D eigenvalue weighted by Crippen LogP contribution is 2.31. The van der Waals surface area contributed by atoms with Crippen molar-refractivity contribution < 1.29 is 0 Å². The van der Waals surface area contributed by atoms with Gasteiger partial charge in [0.2, 0.25) is 0 Å². The van der Waals surface area contributed by atoms with Gasteiger partial charge in [-0.15, -0.1) is 16.7 Å². The van der Waals surface area contributed by atoms with E-state index in [4.69, 9.17) is 27.3 Å². The Balaban J connectivity index is 1.76. The number of hydrogen-bond donors (Lipinski definition) is 1. The Morgan fingerprint density at radius 1 is 1.00 bits per heavy atom. The summed E-state index contributed by atoms with van der Waals surface area (Å²) in [6.45, 7) is 2.75. The first-order valence-electron chi connectivity index (χ1n) is 9.84. The van der Waals surface area contributed by atoms with Crippen LogP contribution in [0.25, 0.3) is 39.6 Å². The zero-order chi connectivity index (χ0) is 21.4. The fourth-order valence-corrected chi connectivity index (χ4v) is 3.61. The summed E-state index contributed by atoms with van der Waals surface area (Å²) in [5.74, 6) is 1.52. The molecule has 0 unspecified atom stereocenters. The number of halogens is 1. The zero-order valence-electron chi connectivity index (χ0n) is 16.8. The van der Waals surface area contributed by atoms with Crippen LogP contribution >= 0.6 is 11.6 Å². The van der Waals surface area contributed by atoms with Crippen LogP contribution in [0.4, 0.5) is 5.82 Å². The molecule has 5 aromatic rings. The summed E-state index contributed by atoms with van der Waals surface area (Å²) in [5, 5.41) is 8.37. The van der Waals surface area contributed by atoms with E-state index >= 15 is 0 Å². The SMILES string of the molecule is CCn1cc(-c2ccc3nc(-c4cccnc4N)n(-c4ccc(CCl)cc4)c3n2)nn1. The van der Waals surface area contributed by atoms with E-state index in [-0.39, 0.29) is 0 Å². The number of imidazole rings is 1. The smallest absolute Gasteiger partial charge is 0.165 e. The van der Waals surface area contributed by atoms with Crippen molar-refractivity contribution in [3.05, 3.63) is 66.5 Å². The first-order valence-corrected chi connectivity index (χ1v) is 10.4. The molecule has 0 bridgehead atoms. The van der Waals surface area contributed by atoms with Crippen molar-refractivity contribution in [2.45, 2.75) is 19.3 Å². The quantitative estimate of drug-likeness (QED) is 0.421. The standard InChI is InChI=1S/C22H19ClN8/c1-2-30-13-19(28-29-30)17-9-10-18-22(26-17)31(15-7-5-14(12-23)6-8-15)21(27-18)16-4-3-11-25-20(16)24/h3-11,13H,2,12H2,1H3,(H2,24,25). The topological polar surface area (TPSA) is 100 Å². The molecule has 0 saturated heterocycles. The Morgan fingerprint density at radius 3 is 2.55 bits per heavy atom. The number of pyridine rings is 2. The van der Waals surface area contributed by atoms with Crippen LogP contribution in [0.2, 0.25) is 0 Å². The van der Waals surface area contributed by atoms with Gasteiger partial charge in [-0.25, -0.2) is 15.0 Å². The lowest BCUT2D eigenvalue weighted by Crippen LogP contribution is -2.02. The average molecular weight is 431 g/mol. The number of benzene rings is 1. The monoisotopic (exact) mass is 430 g/mol. The van der Waals surface area contributed by atoms with Crippen molar-refractivity contribution in [1.82, 2.24) is 34.5 Å². The first kappa shape index (κ1) is 19.2. The van der Waals surface area contributed by atoms with Crippen molar-refractivity contribution in [2.24, 2.45) is 0 Å². The number of fused-ring (bicyclic) bond motifs is 1. The fraction of sp³-hybridized carbons (Fsp3) is 0.136. The van der Waals surface area contributed by atoms with Gasteiger partial charge in [0, 0.05) is 24.3 Å². The minimum atomic E-state index is 0.405. The zero-order valence-corrected chi connectivity index (χ0v) is 17.5. The third-order valence-corrected chi connectivity index (χ3v) is 5.37. The second-order valence-corrected chi connectivity index (χ2v) is 7.27. The molecule has 2 N–H and O–H groups in total. The number of nitrogens with two attached hydrogens (primary N) is 1. The molecule has 9 heteroatoms. The molecule has 0 saturated carbocycles. The van der Waals surface area contributed by atoms with Gasteiger partial charge in [-0.3, -0.25) is 9.25 Å². The maximum absolute atomic E-state index is 6.18. The third-order valence-electron chi connectivity index (χ3n) is 5.06. The number of anilines is 1. The molecule has 31 heavy (non-hydrogen) atoms. The first-order chi connectivity index (χ1) is 15.2. The van der Waals surface area contributed by atoms with Crippen molar-refractivity contribution in [2.75, 3.05) is 5.73 Å². The van der Waals surface area contributed by atoms with Gasteiger partial charge in [-0.05, 0) is 48.9 Å². The van der Waals surface area contributed by atoms with Crippen LogP contribution in [0, 0.1) is 0 Å². The predicted octanol–water partition coefficient (Wildman–Crippen LogP) is 4.08. The molecule has 0 fully saturated rings. The van der Waals surface area contributed by atoms with Crippen LogP contribution < -0.4 is 5.73 Å². The molecule has 1 aromatic carbocycles. The van der Waals surface area contributed by atoms with Crippen LogP contribution in [-0.4, -0.2) is 34.5 Å². The molecule has 0 aliphatic rings. The van der Waals surface area contributed by atoms with Crippen molar-refractivity contribution in [3.63, 3.8) is 0 Å². The van der Waals surface area contributed by atoms with E-state index in [0.717, 1.165) is 34.6 Å². The Bertz CT molecular complexity index is 1370. The van der Waals surface area contributed by atoms with Crippen LogP contribution in [0.15, 0.2) is 60.9 Å². The molecule has 4 heterocycles. The Morgan fingerprint density at radius 2 is 1.84 bits per heavy atom. The van der Waals surface area contributed by atoms with Crippen LogP contribution in [0.5, 0.6) is 0 Å². The Labute approximate surface area is 183 Å². The number of alkyl halides is 1. The van der Waals surface area contributed by atoms with Gasteiger partial charge in [-0.1, -0.05) is 17.3 Å². The lowest BCUT2D eigenvalue weighted by molar-refractivity contribution is 0.627. The highest BCUT2D eigenvalue weighted by atomic mass is 35.5. The molecular weight excluding hydrogens is 412 g/mol. The van der Waals surface area contributed by atoms with E-state index in [1.54, 1.807) is 10.9 Å². The van der Waals surface area contributed by atoms with Crippen molar-refractivity contribution >= 4 is 28.6 Å². The average Bonchev–Trinajstić information content (AvgIpc) is 3.44. The van der Waals surface area contributed by atoms with Crippen LogP contribution in [0.3, 0.4) is 0 Å². The summed E-state index contributed by atoms with van der Waals surface area (Å²) in [6, 6.07) is 15.5. The van der Waals surface area contributed by atoms with Gasteiger partial charge in [0.05, 0.1) is 17.5 Å². The summed E-state index contributed by atoms with van der Waals surface area (Å²) in [4.78, 5) is 13.9. The lowest BCUT2D eigenvalue weighted by atomic mass is 10.2. The molecule has 5 rings (SSSR count). The van der Waals surface area contributed by atoms with Gasteiger partial charge in [0.1, 0.15) is 17.0 Å². The third kappa shape index (κ3) is 3.40. The van der Waals surface area contributed by atoms with Crippen LogP contribution in [-0.2, 0) is 12.4 Å². The molecule has 154 valence electrons. The Kier molecular flexibility index (Phi) is 4.83. The molecule has 0 atom stereocenters. The normalized spacial score (nSPS) is 11.3. The molecule has 0 aliphatic carbocycles. The second-order valence-electron chi connectivity index (χ2n) is 7.01. The van der Waals surface area contributed by atoms with E-state index in [1.165, 1.54) is 0 Å². The van der Waals surface area contributed by atoms with Gasteiger partial charge in [0.25, 0.3) is 0 Å². The molecule has 0 radical (unpaired) electrons. The van der Waals surface area contributed by atoms with Crippen molar-refractivity contribution in [1.29, 1.82) is 0 Å². The molecule has 0 aliphatic heterocycles. The summed E-state index contributed by atoms with van der Waals surface area (Å²) in [6.07, 6.45) is 3.54. The molecule has 8 nitrogen and oxygen atoms in total. The maximum atomic E-state index is 6.18. The summed E-state index contributed by atoms with van der Waals surface area (Å²) in [5.41, 5.74) is 11.7. The summed E-state index contributed by atoms with van der Waals surface area (Å²) < 4.78 is 3.75. The largest absolute Gasteiger partial charge is 0.383 e. The highest BCUT2D eigenvalue weighted by molar-refractivity contribution is 6.17. The van der Waals surface area contributed by atoms with Gasteiger partial charge in [0.15, 0.2) is 11.5 Å². The van der Waals surface area contributed by atoms with Crippen LogP contribution in [0.1, 0.15) is 12.5 Å². The van der Waals surface area contributed by atoms with E-state index in [1.807, 2.05) is 66.2 Å². The van der Waals surface area contributed by atoms with Gasteiger partial charge < -0.3 is 5.73 Å². The number of rotatable bonds is 5. The number of nitrogens with zero attached hydrogens (tertiary/aromatic N) is 7. The highest BCUT2D eigenvalue weighted by Gasteiger charge is 2.19. The predicted molar refractivity (Wildman–Crippen MR) is 121 cm³/mol. The second kappa shape index (κ2) is 7.81. The van der Waals surface area contributed by atoms with E-state index < -0.39 is 0 Å². The molecule has 0 spiro atoms. The summed E-state index contributed by atoms with van der Waals surface area (Å²) in [7, 11) is 0. The Hall–Kier alpha value is -3.78. The lowest BCUT2D eigenvalue weighted by Gasteiger charge is -2.11. The summed E-state index contributed by atoms with van der Waals surface area (Å²) >= 11 is 5.98. The molecule has 0 amide bonds. The number of nitrogen functional groups attached to an aromatic ring is 1. The van der Waals surface area contributed by atoms with E-state index in [9.17, 15) is 0 Å². The van der Waals surface area contributed by atoms with Gasteiger partial charge >= 0.3 is 0 Å². The van der Waals surface area contributed by atoms with Crippen molar-refractivity contribution in [3.8, 4) is 28.5 Å². The maximum Gasteiger partial charge on any atom is 0.165 e. The molecular formula is C22H19ClN8. The number of aromatic nitrogens is 7. The minimum absolute atomic E-state index is 0.405. The number of hydrogen-bond acceptors (Lipinski definition) is 6. The minimum Gasteiger partial charge on any atom is -0.383 e. The van der Waals surface area contributed by atoms with E-state index in [0.29, 0.717) is 28.9 Å². The number of aryl methyl sites for hydroxylation is 1. The van der Waals surface area contributed by atoms with Gasteiger partial charge in [-0.2, -0.15) is 0 Å². The fourth-order valence-electron chi connectivity index (χ4n) is 3.44. The van der Waals surface area contributed by atoms with E-state index in [2.05, 4.69) is 15.3 Å². The molecule has 4 aromatic heterocycles.